The van der Waals surface area contributed by atoms with Crippen molar-refractivity contribution in [1.29, 1.82) is 0 Å². The average Bonchev–Trinajstić information content (AvgIpc) is 4.06. The third-order valence-electron chi connectivity index (χ3n) is 12.1. The number of nitrogens with zero attached hydrogens (tertiary/aromatic N) is 3. The molecule has 4 aliphatic rings. The molecule has 6 rings (SSSR count). The molecule has 4 amide bonds. The molecule has 0 spiro atoms. The van der Waals surface area contributed by atoms with Crippen LogP contribution >= 0.6 is 0 Å². The predicted molar refractivity (Wildman–Crippen MR) is 210 cm³/mol. The summed E-state index contributed by atoms with van der Waals surface area (Å²) in [5, 5.41) is 4.99. The minimum atomic E-state index is -5.08. The number of hydrogen-bond acceptors (Lipinski definition) is 12. The summed E-state index contributed by atoms with van der Waals surface area (Å²) in [5.74, 6) is -8.00. The molecule has 1 saturated heterocycles. The summed E-state index contributed by atoms with van der Waals surface area (Å²) in [6, 6.07) is 0.643. The summed E-state index contributed by atoms with van der Waals surface area (Å²) in [7, 11) is -2.84. The Hall–Kier alpha value is -4.86. The Balaban J connectivity index is 1.40. The van der Waals surface area contributed by atoms with Crippen molar-refractivity contribution in [1.82, 2.24) is 30.2 Å². The van der Waals surface area contributed by atoms with E-state index in [0.717, 1.165) is 18.7 Å². The molecule has 0 unspecified atom stereocenters. The number of ether oxygens (including phenoxy) is 4. The molecule has 16 nitrogen and oxygen atoms in total. The number of allylic oxidation sites excluding steroid dienone is 1. The van der Waals surface area contributed by atoms with Gasteiger partial charge in [-0.25, -0.2) is 32.0 Å². The van der Waals surface area contributed by atoms with Crippen LogP contribution in [-0.4, -0.2) is 113 Å². The van der Waals surface area contributed by atoms with E-state index in [-0.39, 0.29) is 29.6 Å². The molecule has 0 radical (unpaired) electrons. The minimum Gasteiger partial charge on any atom is -0.497 e. The van der Waals surface area contributed by atoms with Gasteiger partial charge in [0.05, 0.1) is 41.6 Å². The standard InChI is InChI=1S/C40H51F5N6O10S/c1-8-28-29(48-35(55)61-36(3,4)38(6,41)42)33(53)51-20-24(60-32-30(40(43,44)45)46-25-14-13-23(58-7)17-26(25)47-32)18-27(51)31(52)49-39(19-22(39)12-10-9-11-21(2)59-28)34(54)50-62(56,57)37(5)15-16-37/h10,12-14,17,21-22,24,27-29H,8-9,11,15-16,18-20H2,1-7H3,(H,48,55)(H,49,52)(H,50,54)/b12-10-/t21-,22-,24-,27+,28+,29+,39-/m1/s1. The number of nitrogens with one attached hydrogen (secondary N) is 3. The first-order valence-electron chi connectivity index (χ1n) is 20.2. The number of fused-ring (bicyclic) bond motifs is 3. The van der Waals surface area contributed by atoms with E-state index in [1.807, 2.05) is 0 Å². The van der Waals surface area contributed by atoms with E-state index in [9.17, 15) is 49.5 Å². The van der Waals surface area contributed by atoms with Crippen molar-refractivity contribution in [2.24, 2.45) is 5.92 Å². The lowest BCUT2D eigenvalue weighted by Crippen LogP contribution is -2.61. The predicted octanol–water partition coefficient (Wildman–Crippen LogP) is 4.94. The lowest BCUT2D eigenvalue weighted by molar-refractivity contribution is -0.153. The number of halogens is 5. The molecule has 1 aromatic carbocycles. The molecule has 3 heterocycles. The highest BCUT2D eigenvalue weighted by Gasteiger charge is 2.63. The molecule has 2 saturated carbocycles. The van der Waals surface area contributed by atoms with E-state index in [1.54, 1.807) is 26.0 Å². The van der Waals surface area contributed by atoms with Crippen molar-refractivity contribution in [3.63, 3.8) is 0 Å². The van der Waals surface area contributed by atoms with Crippen LogP contribution in [0, 0.1) is 5.92 Å². The smallest absolute Gasteiger partial charge is 0.438 e. The summed E-state index contributed by atoms with van der Waals surface area (Å²) in [6.07, 6.45) is -5.41. The summed E-state index contributed by atoms with van der Waals surface area (Å²) < 4.78 is 122. The maximum atomic E-state index is 14.9. The Bertz CT molecular complexity index is 2230. The summed E-state index contributed by atoms with van der Waals surface area (Å²) in [6.45, 7) is 6.66. The highest BCUT2D eigenvalue weighted by molar-refractivity contribution is 7.91. The van der Waals surface area contributed by atoms with Crippen LogP contribution in [0.5, 0.6) is 11.6 Å². The fraction of sp³-hybridized carbons (Fsp3) is 0.650. The molecule has 342 valence electrons. The molecule has 7 atom stereocenters. The normalized spacial score (nSPS) is 28.6. The first-order valence-corrected chi connectivity index (χ1v) is 21.7. The van der Waals surface area contributed by atoms with Crippen molar-refractivity contribution < 1.29 is 68.5 Å². The Kier molecular flexibility index (Phi) is 12.6. The molecular weight excluding hydrogens is 852 g/mol. The molecular formula is C40H51F5N6O10S. The number of hydrogen-bond donors (Lipinski definition) is 3. The molecule has 22 heteroatoms. The van der Waals surface area contributed by atoms with Crippen LogP contribution in [0.15, 0.2) is 30.4 Å². The van der Waals surface area contributed by atoms with Crippen LogP contribution < -0.4 is 24.8 Å². The second-order valence-electron chi connectivity index (χ2n) is 17.2. The zero-order chi connectivity index (χ0) is 45.8. The van der Waals surface area contributed by atoms with Crippen LogP contribution in [0.3, 0.4) is 0 Å². The van der Waals surface area contributed by atoms with Crippen LogP contribution in [0.4, 0.5) is 26.7 Å². The number of methoxy groups -OCH3 is 1. The number of amides is 4. The maximum Gasteiger partial charge on any atom is 0.438 e. The van der Waals surface area contributed by atoms with Gasteiger partial charge in [0.25, 0.3) is 11.8 Å². The molecule has 3 fully saturated rings. The highest BCUT2D eigenvalue weighted by Crippen LogP contribution is 2.48. The zero-order valence-electron chi connectivity index (χ0n) is 35.2. The third kappa shape index (κ3) is 9.54. The fourth-order valence-electron chi connectivity index (χ4n) is 7.35. The number of carbonyl (C=O) groups excluding carboxylic acids is 4. The molecule has 0 bridgehead atoms. The second-order valence-corrected chi connectivity index (χ2v) is 19.4. The van der Waals surface area contributed by atoms with E-state index in [0.29, 0.717) is 32.6 Å². The van der Waals surface area contributed by atoms with Crippen molar-refractivity contribution in [3.05, 3.63) is 36.0 Å². The zero-order valence-corrected chi connectivity index (χ0v) is 36.0. The minimum absolute atomic E-state index is 0.0309. The molecule has 2 aliphatic carbocycles. The monoisotopic (exact) mass is 902 g/mol. The number of alkyl halides is 5. The molecule has 2 aliphatic heterocycles. The Morgan fingerprint density at radius 2 is 1.77 bits per heavy atom. The van der Waals surface area contributed by atoms with Crippen molar-refractivity contribution >= 4 is 44.9 Å². The number of benzene rings is 1. The summed E-state index contributed by atoms with van der Waals surface area (Å²) in [5.41, 5.74) is -5.85. The summed E-state index contributed by atoms with van der Waals surface area (Å²) in [4.78, 5) is 65.4. The molecule has 62 heavy (non-hydrogen) atoms. The largest absolute Gasteiger partial charge is 0.497 e. The van der Waals surface area contributed by atoms with Crippen LogP contribution in [0.1, 0.15) is 92.2 Å². The second kappa shape index (κ2) is 16.7. The van der Waals surface area contributed by atoms with Gasteiger partial charge in [-0.1, -0.05) is 19.1 Å². The number of aromatic nitrogens is 2. The van der Waals surface area contributed by atoms with Gasteiger partial charge in [0.15, 0.2) is 5.60 Å². The van der Waals surface area contributed by atoms with E-state index in [4.69, 9.17) is 18.9 Å². The SMILES string of the molecule is CC[C@@H]1O[C@H](C)CC/C=C\[C@@H]2C[C@@]2(C(=O)NS(=O)(=O)C2(C)CC2)NC(=O)[C@@H]2C[C@@H](Oc3nc4cc(OC)ccc4nc3C(F)(F)F)CN2C(=O)[C@H]1NC(=O)OC(C)(C)C(C)(F)F. The van der Waals surface area contributed by atoms with Crippen LogP contribution in [0.2, 0.25) is 0 Å². The maximum absolute atomic E-state index is 14.9. The van der Waals surface area contributed by atoms with Gasteiger partial charge in [-0.2, -0.15) is 13.2 Å². The van der Waals surface area contributed by atoms with Gasteiger partial charge < -0.3 is 34.5 Å². The topological polar surface area (TPSA) is 204 Å². The third-order valence-corrected chi connectivity index (χ3v) is 14.2. The first kappa shape index (κ1) is 46.6. The first-order chi connectivity index (χ1) is 28.7. The quantitative estimate of drug-likeness (QED) is 0.214. The van der Waals surface area contributed by atoms with Crippen LogP contribution in [-0.2, 0) is 40.1 Å². The van der Waals surface area contributed by atoms with E-state index < -0.39 is 123 Å². The van der Waals surface area contributed by atoms with Gasteiger partial charge in [0, 0.05) is 25.3 Å². The van der Waals surface area contributed by atoms with Crippen molar-refractivity contribution in [2.45, 2.75) is 145 Å². The number of carbonyl (C=O) groups is 4. The number of sulfonamides is 1. The van der Waals surface area contributed by atoms with Gasteiger partial charge >= 0.3 is 12.3 Å². The fourth-order valence-corrected chi connectivity index (χ4v) is 8.66. The molecule has 2 aromatic rings. The number of rotatable bonds is 10. The van der Waals surface area contributed by atoms with Gasteiger partial charge in [0.2, 0.25) is 33.4 Å². The number of alkyl carbamates (subject to hydrolysis) is 1. The van der Waals surface area contributed by atoms with E-state index in [2.05, 4.69) is 25.3 Å². The Labute approximate surface area is 355 Å². The van der Waals surface area contributed by atoms with Crippen molar-refractivity contribution in [2.75, 3.05) is 13.7 Å². The van der Waals surface area contributed by atoms with Crippen molar-refractivity contribution in [3.8, 4) is 11.6 Å². The summed E-state index contributed by atoms with van der Waals surface area (Å²) >= 11 is 0. The van der Waals surface area contributed by atoms with Gasteiger partial charge in [-0.3, -0.25) is 19.1 Å². The molecule has 1 aromatic heterocycles. The highest BCUT2D eigenvalue weighted by atomic mass is 32.2. The lowest BCUT2D eigenvalue weighted by atomic mass is 10.0. The van der Waals surface area contributed by atoms with Gasteiger partial charge in [-0.15, -0.1) is 0 Å². The Morgan fingerprint density at radius 1 is 1.08 bits per heavy atom. The van der Waals surface area contributed by atoms with E-state index in [1.165, 1.54) is 32.2 Å². The average molecular weight is 903 g/mol. The molecule has 3 N–H and O–H groups in total. The lowest BCUT2D eigenvalue weighted by Gasteiger charge is -2.35. The Morgan fingerprint density at radius 3 is 2.39 bits per heavy atom. The van der Waals surface area contributed by atoms with Gasteiger partial charge in [0.1, 0.15) is 29.5 Å². The van der Waals surface area contributed by atoms with Crippen LogP contribution in [0.25, 0.3) is 11.0 Å². The van der Waals surface area contributed by atoms with E-state index >= 15 is 0 Å². The van der Waals surface area contributed by atoms with Gasteiger partial charge in [-0.05, 0) is 78.4 Å².